The highest BCUT2D eigenvalue weighted by Gasteiger charge is 2.26. The van der Waals surface area contributed by atoms with Crippen LogP contribution in [-0.4, -0.2) is 22.1 Å². The van der Waals surface area contributed by atoms with Gasteiger partial charge >= 0.3 is 7.12 Å². The molecule has 5 nitrogen and oxygen atoms in total. The molecule has 14 heavy (non-hydrogen) atoms. The molecule has 1 aromatic rings. The summed E-state index contributed by atoms with van der Waals surface area (Å²) in [4.78, 5) is 9.74. The van der Waals surface area contributed by atoms with E-state index in [0.29, 0.717) is 0 Å². The Labute approximate surface area is 79.1 Å². The largest absolute Gasteiger partial charge is 0.495 e. The molecule has 7 heteroatoms. The first-order valence-corrected chi connectivity index (χ1v) is 3.74. The Morgan fingerprint density at radius 1 is 1.50 bits per heavy atom. The summed E-state index contributed by atoms with van der Waals surface area (Å²) in [5, 5.41) is 28.1. The number of nitro benzene ring substituents is 1. The van der Waals surface area contributed by atoms with Gasteiger partial charge in [-0.1, -0.05) is 0 Å². The zero-order chi connectivity index (χ0) is 10.9. The molecular formula is C7H7BFNO4. The van der Waals surface area contributed by atoms with E-state index in [1.807, 2.05) is 0 Å². The molecule has 0 bridgehead atoms. The van der Waals surface area contributed by atoms with E-state index in [1.165, 1.54) is 6.92 Å². The van der Waals surface area contributed by atoms with Gasteiger partial charge in [-0.05, 0) is 19.1 Å². The van der Waals surface area contributed by atoms with Gasteiger partial charge in [0.1, 0.15) is 5.82 Å². The molecule has 0 unspecified atom stereocenters. The SMILES string of the molecule is Cc1cc(F)cc(B(O)O)c1[N+](=O)[O-]. The van der Waals surface area contributed by atoms with Gasteiger partial charge in [0.05, 0.1) is 10.4 Å². The van der Waals surface area contributed by atoms with Crippen LogP contribution in [-0.2, 0) is 0 Å². The standard InChI is InChI=1S/C7H7BFNO4/c1-4-2-5(9)3-6(8(11)12)7(4)10(13)14/h2-3,11-12H,1H3. The average molecular weight is 199 g/mol. The summed E-state index contributed by atoms with van der Waals surface area (Å²) in [5.74, 6) is -0.740. The fourth-order valence-electron chi connectivity index (χ4n) is 1.21. The third-order valence-electron chi connectivity index (χ3n) is 1.76. The highest BCUT2D eigenvalue weighted by atomic mass is 19.1. The summed E-state index contributed by atoms with van der Waals surface area (Å²) >= 11 is 0. The van der Waals surface area contributed by atoms with Crippen molar-refractivity contribution in [3.05, 3.63) is 33.6 Å². The molecule has 74 valence electrons. The number of benzene rings is 1. The van der Waals surface area contributed by atoms with Crippen LogP contribution >= 0.6 is 0 Å². The minimum atomic E-state index is -2.05. The van der Waals surface area contributed by atoms with Crippen LogP contribution in [0.3, 0.4) is 0 Å². The summed E-state index contributed by atoms with van der Waals surface area (Å²) in [6.07, 6.45) is 0. The van der Waals surface area contributed by atoms with E-state index in [0.717, 1.165) is 12.1 Å². The number of hydrogen-bond acceptors (Lipinski definition) is 4. The van der Waals surface area contributed by atoms with Gasteiger partial charge in [-0.3, -0.25) is 10.1 Å². The van der Waals surface area contributed by atoms with E-state index in [-0.39, 0.29) is 5.56 Å². The van der Waals surface area contributed by atoms with Crippen molar-refractivity contribution in [3.8, 4) is 0 Å². The van der Waals surface area contributed by atoms with Crippen molar-refractivity contribution >= 4 is 18.3 Å². The Balaban J connectivity index is 3.44. The van der Waals surface area contributed by atoms with Crippen molar-refractivity contribution in [2.75, 3.05) is 0 Å². The Hall–Kier alpha value is -1.47. The molecule has 0 aliphatic rings. The van der Waals surface area contributed by atoms with Gasteiger partial charge in [-0.25, -0.2) is 4.39 Å². The highest BCUT2D eigenvalue weighted by Crippen LogP contribution is 2.16. The van der Waals surface area contributed by atoms with Gasteiger partial charge in [-0.2, -0.15) is 0 Å². The average Bonchev–Trinajstić information content (AvgIpc) is 2.01. The summed E-state index contributed by atoms with van der Waals surface area (Å²) in [7, 11) is -2.05. The smallest absolute Gasteiger partial charge is 0.423 e. The molecule has 2 N–H and O–H groups in total. The molecule has 0 saturated carbocycles. The molecule has 0 fully saturated rings. The number of hydrogen-bond donors (Lipinski definition) is 2. The maximum atomic E-state index is 12.8. The minimum absolute atomic E-state index is 0.0538. The predicted molar refractivity (Wildman–Crippen MR) is 47.6 cm³/mol. The topological polar surface area (TPSA) is 83.6 Å². The van der Waals surface area contributed by atoms with Gasteiger partial charge < -0.3 is 10.0 Å². The van der Waals surface area contributed by atoms with Crippen LogP contribution in [0.4, 0.5) is 10.1 Å². The molecular weight excluding hydrogens is 192 g/mol. The lowest BCUT2D eigenvalue weighted by Crippen LogP contribution is -2.33. The normalized spacial score (nSPS) is 10.0. The number of nitrogens with zero attached hydrogens (tertiary/aromatic N) is 1. The van der Waals surface area contributed by atoms with E-state index < -0.39 is 29.0 Å². The summed E-state index contributed by atoms with van der Waals surface area (Å²) in [6.45, 7) is 1.33. The van der Waals surface area contributed by atoms with Gasteiger partial charge in [0.25, 0.3) is 5.69 Å². The molecule has 0 heterocycles. The first-order valence-electron chi connectivity index (χ1n) is 3.74. The van der Waals surface area contributed by atoms with Crippen LogP contribution in [0.2, 0.25) is 0 Å². The Bertz CT molecular complexity index is 382. The van der Waals surface area contributed by atoms with Crippen molar-refractivity contribution in [3.63, 3.8) is 0 Å². The zero-order valence-corrected chi connectivity index (χ0v) is 7.27. The Morgan fingerprint density at radius 2 is 2.07 bits per heavy atom. The van der Waals surface area contributed by atoms with E-state index in [2.05, 4.69) is 0 Å². The third kappa shape index (κ3) is 1.89. The molecule has 0 aliphatic carbocycles. The quantitative estimate of drug-likeness (QED) is 0.389. The molecule has 1 aromatic carbocycles. The molecule has 0 spiro atoms. The molecule has 0 aromatic heterocycles. The van der Waals surface area contributed by atoms with Crippen LogP contribution < -0.4 is 5.46 Å². The molecule has 0 aliphatic heterocycles. The van der Waals surface area contributed by atoms with Gasteiger partial charge in [0.2, 0.25) is 0 Å². The number of rotatable bonds is 2. The van der Waals surface area contributed by atoms with E-state index in [9.17, 15) is 14.5 Å². The number of halogens is 1. The van der Waals surface area contributed by atoms with E-state index in [1.54, 1.807) is 0 Å². The van der Waals surface area contributed by atoms with Crippen LogP contribution in [0.1, 0.15) is 5.56 Å². The number of aryl methyl sites for hydroxylation is 1. The second kappa shape index (κ2) is 3.73. The van der Waals surface area contributed by atoms with Gasteiger partial charge in [0.15, 0.2) is 0 Å². The molecule has 0 radical (unpaired) electrons. The zero-order valence-electron chi connectivity index (χ0n) is 7.27. The van der Waals surface area contributed by atoms with Crippen LogP contribution in [0.25, 0.3) is 0 Å². The molecule has 0 atom stereocenters. The van der Waals surface area contributed by atoms with Crippen molar-refractivity contribution in [2.24, 2.45) is 0 Å². The van der Waals surface area contributed by atoms with Crippen molar-refractivity contribution in [1.82, 2.24) is 0 Å². The minimum Gasteiger partial charge on any atom is -0.423 e. The van der Waals surface area contributed by atoms with Crippen molar-refractivity contribution in [1.29, 1.82) is 0 Å². The molecule has 1 rings (SSSR count). The maximum absolute atomic E-state index is 12.8. The van der Waals surface area contributed by atoms with E-state index >= 15 is 0 Å². The van der Waals surface area contributed by atoms with Crippen molar-refractivity contribution in [2.45, 2.75) is 6.92 Å². The van der Waals surface area contributed by atoms with E-state index in [4.69, 9.17) is 10.0 Å². The van der Waals surface area contributed by atoms with Gasteiger partial charge in [0, 0.05) is 5.56 Å². The van der Waals surface area contributed by atoms with Crippen molar-refractivity contribution < 1.29 is 19.4 Å². The maximum Gasteiger partial charge on any atom is 0.495 e. The second-order valence-corrected chi connectivity index (χ2v) is 2.79. The Kier molecular flexibility index (Phi) is 2.83. The van der Waals surface area contributed by atoms with Crippen LogP contribution in [0, 0.1) is 22.9 Å². The second-order valence-electron chi connectivity index (χ2n) is 2.79. The van der Waals surface area contributed by atoms with Crippen LogP contribution in [0.15, 0.2) is 12.1 Å². The fourth-order valence-corrected chi connectivity index (χ4v) is 1.21. The first-order chi connectivity index (χ1) is 6.43. The highest BCUT2D eigenvalue weighted by molar-refractivity contribution is 6.60. The summed E-state index contributed by atoms with van der Waals surface area (Å²) in [5.41, 5.74) is -0.855. The molecule has 0 saturated heterocycles. The predicted octanol–water partition coefficient (Wildman–Crippen LogP) is -0.278. The first kappa shape index (κ1) is 10.6. The Morgan fingerprint density at radius 3 is 2.50 bits per heavy atom. The number of nitro groups is 1. The lowest BCUT2D eigenvalue weighted by molar-refractivity contribution is -0.384. The third-order valence-corrected chi connectivity index (χ3v) is 1.76. The monoisotopic (exact) mass is 199 g/mol. The molecule has 0 amide bonds. The summed E-state index contributed by atoms with van der Waals surface area (Å²) in [6, 6.07) is 1.69. The lowest BCUT2D eigenvalue weighted by atomic mass is 9.78. The van der Waals surface area contributed by atoms with Crippen LogP contribution in [0.5, 0.6) is 0 Å². The fraction of sp³-hybridized carbons (Fsp3) is 0.143. The van der Waals surface area contributed by atoms with Gasteiger partial charge in [-0.15, -0.1) is 0 Å². The summed E-state index contributed by atoms with van der Waals surface area (Å²) < 4.78 is 12.8. The lowest BCUT2D eigenvalue weighted by Gasteiger charge is -2.04.